The van der Waals surface area contributed by atoms with Gasteiger partial charge in [0.2, 0.25) is 5.12 Å². The predicted molar refractivity (Wildman–Crippen MR) is 76.2 cm³/mol. The Morgan fingerprint density at radius 1 is 1.00 bits per heavy atom. The topological polar surface area (TPSA) is 35.5 Å². The number of thioether (sulfide) groups is 1. The number of ether oxygens (including phenoxy) is 2. The predicted octanol–water partition coefficient (Wildman–Crippen LogP) is 3.64. The number of methoxy groups -OCH3 is 2. The van der Waals surface area contributed by atoms with E-state index in [4.69, 9.17) is 9.47 Å². The third kappa shape index (κ3) is 3.29. The Labute approximate surface area is 116 Å². The van der Waals surface area contributed by atoms with Crippen molar-refractivity contribution in [2.75, 3.05) is 14.2 Å². The Balaban J connectivity index is 2.27. The summed E-state index contributed by atoms with van der Waals surface area (Å²) >= 11 is 1.17. The second-order valence-electron chi connectivity index (χ2n) is 3.77. The van der Waals surface area contributed by atoms with E-state index in [0.717, 1.165) is 4.90 Å². The molecule has 0 bridgehead atoms. The highest BCUT2D eigenvalue weighted by molar-refractivity contribution is 8.14. The molecule has 2 rings (SSSR count). The van der Waals surface area contributed by atoms with Crippen molar-refractivity contribution < 1.29 is 14.3 Å². The summed E-state index contributed by atoms with van der Waals surface area (Å²) in [6, 6.07) is 14.7. The van der Waals surface area contributed by atoms with Gasteiger partial charge in [-0.25, -0.2) is 0 Å². The maximum atomic E-state index is 12.3. The van der Waals surface area contributed by atoms with Gasteiger partial charge < -0.3 is 9.47 Å². The molecular formula is C15H14O3S. The summed E-state index contributed by atoms with van der Waals surface area (Å²) in [4.78, 5) is 13.2. The van der Waals surface area contributed by atoms with Crippen LogP contribution in [0.1, 0.15) is 10.4 Å². The van der Waals surface area contributed by atoms with Gasteiger partial charge in [-0.2, -0.15) is 0 Å². The lowest BCUT2D eigenvalue weighted by Crippen LogP contribution is -1.99. The molecule has 0 aromatic heterocycles. The maximum Gasteiger partial charge on any atom is 0.227 e. The molecule has 0 fully saturated rings. The van der Waals surface area contributed by atoms with Crippen LogP contribution in [0.5, 0.6) is 11.5 Å². The van der Waals surface area contributed by atoms with Crippen LogP contribution < -0.4 is 9.47 Å². The first kappa shape index (κ1) is 13.5. The molecule has 0 spiro atoms. The smallest absolute Gasteiger partial charge is 0.227 e. The highest BCUT2D eigenvalue weighted by Gasteiger charge is 2.14. The molecule has 0 amide bonds. The van der Waals surface area contributed by atoms with Crippen LogP contribution in [0.4, 0.5) is 0 Å². The molecule has 2 aromatic rings. The molecule has 0 atom stereocenters. The van der Waals surface area contributed by atoms with E-state index < -0.39 is 0 Å². The van der Waals surface area contributed by atoms with Crippen molar-refractivity contribution in [3.05, 3.63) is 54.1 Å². The van der Waals surface area contributed by atoms with Gasteiger partial charge in [-0.15, -0.1) is 0 Å². The van der Waals surface area contributed by atoms with Crippen LogP contribution in [0.15, 0.2) is 53.4 Å². The third-order valence-corrected chi connectivity index (χ3v) is 3.49. The minimum Gasteiger partial charge on any atom is -0.497 e. The summed E-state index contributed by atoms with van der Waals surface area (Å²) in [5.74, 6) is 1.19. The minimum atomic E-state index is -0.0676. The molecule has 0 saturated heterocycles. The summed E-state index contributed by atoms with van der Waals surface area (Å²) in [5, 5.41) is -0.0676. The Hall–Kier alpha value is -1.94. The lowest BCUT2D eigenvalue weighted by atomic mass is 10.2. The van der Waals surface area contributed by atoms with Crippen LogP contribution in [0.2, 0.25) is 0 Å². The van der Waals surface area contributed by atoms with E-state index >= 15 is 0 Å². The van der Waals surface area contributed by atoms with Crippen molar-refractivity contribution in [1.29, 1.82) is 0 Å². The lowest BCUT2D eigenvalue weighted by Gasteiger charge is -2.09. The molecule has 0 aliphatic rings. The summed E-state index contributed by atoms with van der Waals surface area (Å²) < 4.78 is 10.4. The zero-order valence-corrected chi connectivity index (χ0v) is 11.6. The molecule has 19 heavy (non-hydrogen) atoms. The molecule has 0 unspecified atom stereocenters. The molecule has 0 radical (unpaired) electrons. The monoisotopic (exact) mass is 274 g/mol. The molecule has 98 valence electrons. The number of carbonyl (C=O) groups excluding carboxylic acids is 1. The molecule has 0 aliphatic heterocycles. The van der Waals surface area contributed by atoms with Gasteiger partial charge in [-0.1, -0.05) is 18.2 Å². The minimum absolute atomic E-state index is 0.0676. The van der Waals surface area contributed by atoms with Crippen LogP contribution in [0.25, 0.3) is 0 Å². The summed E-state index contributed by atoms with van der Waals surface area (Å²) in [6.45, 7) is 0. The van der Waals surface area contributed by atoms with Gasteiger partial charge in [0, 0.05) is 4.90 Å². The van der Waals surface area contributed by atoms with Crippen LogP contribution in [-0.2, 0) is 0 Å². The van der Waals surface area contributed by atoms with Crippen molar-refractivity contribution in [3.8, 4) is 11.5 Å². The standard InChI is InChI=1S/C15H14O3S/c1-17-11-8-9-14(18-2)13(10-11)15(16)19-12-6-4-3-5-7-12/h3-10H,1-2H3. The van der Waals surface area contributed by atoms with E-state index in [9.17, 15) is 4.79 Å². The normalized spacial score (nSPS) is 10.0. The van der Waals surface area contributed by atoms with Crippen molar-refractivity contribution in [2.45, 2.75) is 4.90 Å². The van der Waals surface area contributed by atoms with Crippen molar-refractivity contribution in [2.24, 2.45) is 0 Å². The van der Waals surface area contributed by atoms with Gasteiger partial charge in [0.05, 0.1) is 19.8 Å². The first-order valence-electron chi connectivity index (χ1n) is 5.74. The van der Waals surface area contributed by atoms with Crippen molar-refractivity contribution in [1.82, 2.24) is 0 Å². The molecule has 0 saturated carbocycles. The zero-order valence-electron chi connectivity index (χ0n) is 10.8. The van der Waals surface area contributed by atoms with Gasteiger partial charge >= 0.3 is 0 Å². The highest BCUT2D eigenvalue weighted by atomic mass is 32.2. The quantitative estimate of drug-likeness (QED) is 0.797. The molecule has 3 nitrogen and oxygen atoms in total. The molecule has 0 aliphatic carbocycles. The highest BCUT2D eigenvalue weighted by Crippen LogP contribution is 2.30. The van der Waals surface area contributed by atoms with E-state index in [1.165, 1.54) is 11.8 Å². The Morgan fingerprint density at radius 3 is 2.37 bits per heavy atom. The lowest BCUT2D eigenvalue weighted by molar-refractivity contribution is 0.108. The van der Waals surface area contributed by atoms with Gasteiger partial charge in [0.15, 0.2) is 0 Å². The van der Waals surface area contributed by atoms with Crippen LogP contribution in [0, 0.1) is 0 Å². The summed E-state index contributed by atoms with van der Waals surface area (Å²) in [6.07, 6.45) is 0. The molecule has 0 heterocycles. The number of carbonyl (C=O) groups is 1. The Morgan fingerprint density at radius 2 is 1.74 bits per heavy atom. The van der Waals surface area contributed by atoms with E-state index in [2.05, 4.69) is 0 Å². The fourth-order valence-corrected chi connectivity index (χ4v) is 2.40. The zero-order chi connectivity index (χ0) is 13.7. The molecule has 4 heteroatoms. The number of hydrogen-bond donors (Lipinski definition) is 0. The van der Waals surface area contributed by atoms with Crippen molar-refractivity contribution >= 4 is 16.9 Å². The first-order valence-corrected chi connectivity index (χ1v) is 6.55. The average molecular weight is 274 g/mol. The molecule has 0 N–H and O–H groups in total. The first-order chi connectivity index (χ1) is 9.24. The van der Waals surface area contributed by atoms with Crippen LogP contribution in [0.3, 0.4) is 0 Å². The van der Waals surface area contributed by atoms with E-state index in [-0.39, 0.29) is 5.12 Å². The summed E-state index contributed by atoms with van der Waals surface area (Å²) in [7, 11) is 3.12. The van der Waals surface area contributed by atoms with Gasteiger partial charge in [0.25, 0.3) is 0 Å². The van der Waals surface area contributed by atoms with E-state index in [1.807, 2.05) is 30.3 Å². The number of benzene rings is 2. The van der Waals surface area contributed by atoms with Crippen LogP contribution in [-0.4, -0.2) is 19.3 Å². The largest absolute Gasteiger partial charge is 0.497 e. The third-order valence-electron chi connectivity index (χ3n) is 2.58. The van der Waals surface area contributed by atoms with Crippen LogP contribution >= 0.6 is 11.8 Å². The molecule has 2 aromatic carbocycles. The maximum absolute atomic E-state index is 12.3. The average Bonchev–Trinajstić information content (AvgIpc) is 2.47. The van der Waals surface area contributed by atoms with Gasteiger partial charge in [-0.05, 0) is 42.1 Å². The Kier molecular flexibility index (Phi) is 4.47. The fourth-order valence-electron chi connectivity index (χ4n) is 1.62. The summed E-state index contributed by atoms with van der Waals surface area (Å²) in [5.41, 5.74) is 0.510. The molecular weight excluding hydrogens is 260 g/mol. The SMILES string of the molecule is COc1ccc(OC)c(C(=O)Sc2ccccc2)c1. The second-order valence-corrected chi connectivity index (χ2v) is 4.82. The van der Waals surface area contributed by atoms with Gasteiger partial charge in [-0.3, -0.25) is 4.79 Å². The van der Waals surface area contributed by atoms with E-state index in [0.29, 0.717) is 17.1 Å². The Bertz CT molecular complexity index is 567. The second kappa shape index (κ2) is 6.29. The van der Waals surface area contributed by atoms with Crippen molar-refractivity contribution in [3.63, 3.8) is 0 Å². The van der Waals surface area contributed by atoms with E-state index in [1.54, 1.807) is 32.4 Å². The number of hydrogen-bond acceptors (Lipinski definition) is 4. The number of rotatable bonds is 4. The van der Waals surface area contributed by atoms with Gasteiger partial charge in [0.1, 0.15) is 11.5 Å². The fraction of sp³-hybridized carbons (Fsp3) is 0.133.